The second-order valence-corrected chi connectivity index (χ2v) is 6.29. The molecule has 0 unspecified atom stereocenters. The van der Waals surface area contributed by atoms with Crippen LogP contribution in [0, 0.1) is 11.8 Å². The number of sulfonamides is 1. The Hall–Kier alpha value is -0.980. The Bertz CT molecular complexity index is 475. The highest BCUT2D eigenvalue weighted by molar-refractivity contribution is 7.89. The molecule has 1 aromatic heterocycles. The molecular formula is C11H16N2O3S. The molecule has 2 rings (SSSR count). The molecule has 17 heavy (non-hydrogen) atoms. The first-order valence-corrected chi connectivity index (χ1v) is 7.01. The molecule has 6 heteroatoms. The summed E-state index contributed by atoms with van der Waals surface area (Å²) in [6, 6.07) is 4.83. The van der Waals surface area contributed by atoms with Crippen molar-refractivity contribution in [3.63, 3.8) is 0 Å². The van der Waals surface area contributed by atoms with Gasteiger partial charge in [-0.15, -0.1) is 0 Å². The van der Waals surface area contributed by atoms with Crippen molar-refractivity contribution in [2.75, 3.05) is 19.7 Å². The first-order chi connectivity index (χ1) is 8.05. The summed E-state index contributed by atoms with van der Waals surface area (Å²) in [4.78, 5) is 3.88. The van der Waals surface area contributed by atoms with Gasteiger partial charge in [-0.05, 0) is 24.0 Å². The minimum Gasteiger partial charge on any atom is -0.396 e. The summed E-state index contributed by atoms with van der Waals surface area (Å²) in [5, 5.41) is 9.23. The molecule has 0 spiro atoms. The topological polar surface area (TPSA) is 70.5 Å². The average molecular weight is 256 g/mol. The summed E-state index contributed by atoms with van der Waals surface area (Å²) in [6.07, 6.45) is 1.47. The fraction of sp³-hybridized carbons (Fsp3) is 0.545. The number of aliphatic hydroxyl groups is 1. The van der Waals surface area contributed by atoms with Crippen molar-refractivity contribution in [2.24, 2.45) is 11.8 Å². The summed E-state index contributed by atoms with van der Waals surface area (Å²) in [7, 11) is -3.50. The zero-order chi connectivity index (χ0) is 12.5. The van der Waals surface area contributed by atoms with E-state index < -0.39 is 10.0 Å². The van der Waals surface area contributed by atoms with E-state index >= 15 is 0 Å². The molecule has 1 saturated heterocycles. The lowest BCUT2D eigenvalue weighted by Crippen LogP contribution is -2.30. The van der Waals surface area contributed by atoms with Crippen LogP contribution in [0.1, 0.15) is 6.92 Å². The Kier molecular flexibility index (Phi) is 3.46. The van der Waals surface area contributed by atoms with Crippen LogP contribution in [0.3, 0.4) is 0 Å². The smallest absolute Gasteiger partial charge is 0.260 e. The molecule has 0 aromatic carbocycles. The van der Waals surface area contributed by atoms with Crippen LogP contribution in [-0.2, 0) is 10.0 Å². The van der Waals surface area contributed by atoms with Crippen LogP contribution in [0.25, 0.3) is 0 Å². The Balaban J connectivity index is 2.24. The standard InChI is InChI=1S/C11H16N2O3S/c1-9-6-13(7-10(9)8-14)17(15,16)11-4-2-3-5-12-11/h2-5,9-10,14H,6-8H2,1H3/t9-,10+/m1/s1. The van der Waals surface area contributed by atoms with Crippen LogP contribution in [-0.4, -0.2) is 42.5 Å². The second-order valence-electron chi connectivity index (χ2n) is 4.41. The minimum atomic E-state index is -3.50. The first-order valence-electron chi connectivity index (χ1n) is 5.57. The quantitative estimate of drug-likeness (QED) is 0.846. The van der Waals surface area contributed by atoms with Crippen molar-refractivity contribution in [3.8, 4) is 0 Å². The van der Waals surface area contributed by atoms with Gasteiger partial charge in [0.25, 0.3) is 10.0 Å². The van der Waals surface area contributed by atoms with Crippen molar-refractivity contribution in [1.82, 2.24) is 9.29 Å². The van der Waals surface area contributed by atoms with Gasteiger partial charge in [-0.2, -0.15) is 4.31 Å². The predicted molar refractivity (Wildman–Crippen MR) is 62.7 cm³/mol. The van der Waals surface area contributed by atoms with Crippen molar-refractivity contribution in [2.45, 2.75) is 11.9 Å². The maximum atomic E-state index is 12.2. The summed E-state index contributed by atoms with van der Waals surface area (Å²) < 4.78 is 25.9. The van der Waals surface area contributed by atoms with E-state index in [1.54, 1.807) is 12.1 Å². The number of rotatable bonds is 3. The fourth-order valence-electron chi connectivity index (χ4n) is 2.05. The third kappa shape index (κ3) is 2.34. The lowest BCUT2D eigenvalue weighted by molar-refractivity contribution is 0.210. The van der Waals surface area contributed by atoms with Gasteiger partial charge in [0.2, 0.25) is 0 Å². The maximum absolute atomic E-state index is 12.2. The van der Waals surface area contributed by atoms with E-state index in [4.69, 9.17) is 5.11 Å². The molecule has 1 aliphatic rings. The van der Waals surface area contributed by atoms with Crippen LogP contribution < -0.4 is 0 Å². The number of pyridine rings is 1. The highest BCUT2D eigenvalue weighted by atomic mass is 32.2. The van der Waals surface area contributed by atoms with Crippen molar-refractivity contribution < 1.29 is 13.5 Å². The Morgan fingerprint density at radius 1 is 1.47 bits per heavy atom. The molecule has 1 aromatic rings. The van der Waals surface area contributed by atoms with Gasteiger partial charge in [0.05, 0.1) is 0 Å². The lowest BCUT2D eigenvalue weighted by Gasteiger charge is -2.15. The van der Waals surface area contributed by atoms with E-state index in [0.29, 0.717) is 13.1 Å². The van der Waals surface area contributed by atoms with Crippen LogP contribution in [0.5, 0.6) is 0 Å². The number of nitrogens with zero attached hydrogens (tertiary/aromatic N) is 2. The summed E-state index contributed by atoms with van der Waals surface area (Å²) in [5.41, 5.74) is 0. The lowest BCUT2D eigenvalue weighted by atomic mass is 10.00. The van der Waals surface area contributed by atoms with Crippen molar-refractivity contribution in [3.05, 3.63) is 24.4 Å². The average Bonchev–Trinajstić information content (AvgIpc) is 2.72. The third-order valence-corrected chi connectivity index (χ3v) is 4.96. The molecule has 1 aliphatic heterocycles. The predicted octanol–water partition coefficient (Wildman–Crippen LogP) is 0.331. The van der Waals surface area contributed by atoms with Crippen LogP contribution in [0.15, 0.2) is 29.4 Å². The van der Waals surface area contributed by atoms with Crippen LogP contribution >= 0.6 is 0 Å². The highest BCUT2D eigenvalue weighted by Crippen LogP contribution is 2.27. The number of aromatic nitrogens is 1. The fourth-order valence-corrected chi connectivity index (χ4v) is 3.58. The minimum absolute atomic E-state index is 0.0217. The van der Waals surface area contributed by atoms with E-state index in [1.165, 1.54) is 16.6 Å². The molecule has 0 aliphatic carbocycles. The largest absolute Gasteiger partial charge is 0.396 e. The molecule has 0 amide bonds. The number of hydrogen-bond acceptors (Lipinski definition) is 4. The van der Waals surface area contributed by atoms with Crippen LogP contribution in [0.4, 0.5) is 0 Å². The SMILES string of the molecule is C[C@@H]1CN(S(=O)(=O)c2ccccn2)C[C@H]1CO. The van der Waals surface area contributed by atoms with E-state index in [9.17, 15) is 8.42 Å². The van der Waals surface area contributed by atoms with E-state index in [2.05, 4.69) is 4.98 Å². The van der Waals surface area contributed by atoms with Gasteiger partial charge in [0.15, 0.2) is 5.03 Å². The van der Waals surface area contributed by atoms with E-state index in [-0.39, 0.29) is 23.5 Å². The van der Waals surface area contributed by atoms with Gasteiger partial charge in [-0.25, -0.2) is 13.4 Å². The van der Waals surface area contributed by atoms with Crippen molar-refractivity contribution >= 4 is 10.0 Å². The molecule has 5 nitrogen and oxygen atoms in total. The molecular weight excluding hydrogens is 240 g/mol. The normalized spacial score (nSPS) is 26.2. The molecule has 0 bridgehead atoms. The first kappa shape index (κ1) is 12.5. The zero-order valence-corrected chi connectivity index (χ0v) is 10.5. The molecule has 0 saturated carbocycles. The van der Waals surface area contributed by atoms with Crippen molar-refractivity contribution in [1.29, 1.82) is 0 Å². The third-order valence-electron chi connectivity index (χ3n) is 3.21. The Labute approximate surface area is 101 Å². The maximum Gasteiger partial charge on any atom is 0.260 e. The second kappa shape index (κ2) is 4.72. The van der Waals surface area contributed by atoms with Gasteiger partial charge in [0, 0.05) is 25.9 Å². The van der Waals surface area contributed by atoms with Gasteiger partial charge >= 0.3 is 0 Å². The number of aliphatic hydroxyl groups excluding tert-OH is 1. The molecule has 2 heterocycles. The van der Waals surface area contributed by atoms with Gasteiger partial charge < -0.3 is 5.11 Å². The van der Waals surface area contributed by atoms with Gasteiger partial charge in [-0.3, -0.25) is 0 Å². The Morgan fingerprint density at radius 3 is 2.76 bits per heavy atom. The zero-order valence-electron chi connectivity index (χ0n) is 9.65. The molecule has 1 fully saturated rings. The van der Waals surface area contributed by atoms with Gasteiger partial charge in [-0.1, -0.05) is 13.0 Å². The van der Waals surface area contributed by atoms with E-state index in [0.717, 1.165) is 0 Å². The molecule has 2 atom stereocenters. The summed E-state index contributed by atoms with van der Waals surface area (Å²) in [6.45, 7) is 2.80. The molecule has 94 valence electrons. The summed E-state index contributed by atoms with van der Waals surface area (Å²) >= 11 is 0. The van der Waals surface area contributed by atoms with Crippen LogP contribution in [0.2, 0.25) is 0 Å². The molecule has 0 radical (unpaired) electrons. The Morgan fingerprint density at radius 2 is 2.24 bits per heavy atom. The highest BCUT2D eigenvalue weighted by Gasteiger charge is 2.37. The monoisotopic (exact) mass is 256 g/mol. The van der Waals surface area contributed by atoms with E-state index in [1.807, 2.05) is 6.92 Å². The number of hydrogen-bond donors (Lipinski definition) is 1. The molecule has 1 N–H and O–H groups in total. The van der Waals surface area contributed by atoms with Gasteiger partial charge in [0.1, 0.15) is 0 Å². The summed E-state index contributed by atoms with van der Waals surface area (Å²) in [5.74, 6) is 0.201.